The van der Waals surface area contributed by atoms with Gasteiger partial charge < -0.3 is 5.32 Å². The van der Waals surface area contributed by atoms with Gasteiger partial charge in [0.25, 0.3) is 5.91 Å². The molecule has 0 fully saturated rings. The lowest BCUT2D eigenvalue weighted by Gasteiger charge is -2.13. The summed E-state index contributed by atoms with van der Waals surface area (Å²) in [5.41, 5.74) is 1.49. The number of fused-ring (bicyclic) bond motifs is 1. The molecule has 1 aromatic carbocycles. The Morgan fingerprint density at radius 3 is 2.61 bits per heavy atom. The van der Waals surface area contributed by atoms with Crippen molar-refractivity contribution in [2.75, 3.05) is 5.32 Å². The van der Waals surface area contributed by atoms with Gasteiger partial charge in [0, 0.05) is 5.41 Å². The highest BCUT2D eigenvalue weighted by atomic mass is 19.1. The number of hydrogen-bond donors (Lipinski definition) is 1. The van der Waals surface area contributed by atoms with Gasteiger partial charge >= 0.3 is 0 Å². The lowest BCUT2D eigenvalue weighted by Crippen LogP contribution is -2.15. The molecule has 0 aliphatic carbocycles. The van der Waals surface area contributed by atoms with E-state index in [4.69, 9.17) is 0 Å². The lowest BCUT2D eigenvalue weighted by molar-refractivity contribution is 0.102. The predicted octanol–water partition coefficient (Wildman–Crippen LogP) is 3.42. The van der Waals surface area contributed by atoms with Crippen LogP contribution in [0.3, 0.4) is 0 Å². The van der Waals surface area contributed by atoms with E-state index in [-0.39, 0.29) is 11.0 Å². The molecule has 23 heavy (non-hydrogen) atoms. The van der Waals surface area contributed by atoms with Crippen molar-refractivity contribution in [3.63, 3.8) is 0 Å². The first-order valence-corrected chi connectivity index (χ1v) is 7.27. The number of anilines is 1. The topological polar surface area (TPSA) is 59.3 Å². The van der Waals surface area contributed by atoms with Crippen molar-refractivity contribution < 1.29 is 9.18 Å². The molecule has 0 radical (unpaired) electrons. The Morgan fingerprint density at radius 1 is 1.17 bits per heavy atom. The molecule has 0 aliphatic heterocycles. The van der Waals surface area contributed by atoms with Crippen LogP contribution in [-0.4, -0.2) is 20.5 Å². The number of imidazole rings is 1. The van der Waals surface area contributed by atoms with Gasteiger partial charge in [-0.25, -0.2) is 13.9 Å². The van der Waals surface area contributed by atoms with Crippen molar-refractivity contribution >= 4 is 17.4 Å². The van der Waals surface area contributed by atoms with E-state index in [0.717, 1.165) is 5.69 Å². The van der Waals surface area contributed by atoms with Crippen LogP contribution in [0.4, 0.5) is 10.2 Å². The van der Waals surface area contributed by atoms with Crippen LogP contribution in [0, 0.1) is 5.82 Å². The first kappa shape index (κ1) is 15.1. The SMILES string of the molecule is CC(C)(C)c1cn2nc(NC(=O)c3ccccc3F)ccc2n1. The Bertz CT molecular complexity index is 880. The quantitative estimate of drug-likeness (QED) is 0.789. The maximum absolute atomic E-state index is 13.6. The highest BCUT2D eigenvalue weighted by Crippen LogP contribution is 2.21. The Labute approximate surface area is 133 Å². The smallest absolute Gasteiger partial charge is 0.259 e. The number of carbonyl (C=O) groups is 1. The zero-order chi connectivity index (χ0) is 16.6. The Morgan fingerprint density at radius 2 is 1.91 bits per heavy atom. The minimum atomic E-state index is -0.566. The average molecular weight is 312 g/mol. The van der Waals surface area contributed by atoms with Gasteiger partial charge in [0.1, 0.15) is 5.82 Å². The summed E-state index contributed by atoms with van der Waals surface area (Å²) in [6.07, 6.45) is 1.83. The molecule has 0 bridgehead atoms. The van der Waals surface area contributed by atoms with E-state index in [1.807, 2.05) is 6.20 Å². The molecule has 0 aliphatic rings. The second kappa shape index (κ2) is 5.46. The van der Waals surface area contributed by atoms with E-state index in [9.17, 15) is 9.18 Å². The van der Waals surface area contributed by atoms with Crippen molar-refractivity contribution in [2.24, 2.45) is 0 Å². The van der Waals surface area contributed by atoms with Crippen molar-refractivity contribution in [1.29, 1.82) is 0 Å². The number of amides is 1. The maximum atomic E-state index is 13.6. The van der Waals surface area contributed by atoms with Gasteiger partial charge in [-0.3, -0.25) is 4.79 Å². The van der Waals surface area contributed by atoms with Gasteiger partial charge in [0.05, 0.1) is 17.5 Å². The molecule has 1 amide bonds. The van der Waals surface area contributed by atoms with E-state index in [2.05, 4.69) is 36.2 Å². The van der Waals surface area contributed by atoms with Crippen molar-refractivity contribution in [1.82, 2.24) is 14.6 Å². The second-order valence-corrected chi connectivity index (χ2v) is 6.33. The number of aromatic nitrogens is 3. The van der Waals surface area contributed by atoms with E-state index >= 15 is 0 Å². The molecule has 0 unspecified atom stereocenters. The van der Waals surface area contributed by atoms with Gasteiger partial charge in [-0.2, -0.15) is 0 Å². The van der Waals surface area contributed by atoms with Crippen molar-refractivity contribution in [3.05, 3.63) is 59.7 Å². The van der Waals surface area contributed by atoms with Crippen LogP contribution < -0.4 is 5.32 Å². The van der Waals surface area contributed by atoms with Gasteiger partial charge in [-0.05, 0) is 24.3 Å². The summed E-state index contributed by atoms with van der Waals surface area (Å²) >= 11 is 0. The number of hydrogen-bond acceptors (Lipinski definition) is 3. The second-order valence-electron chi connectivity index (χ2n) is 6.33. The molecule has 118 valence electrons. The zero-order valence-electron chi connectivity index (χ0n) is 13.2. The minimum absolute atomic E-state index is 0.0181. The Kier molecular flexibility index (Phi) is 3.60. The number of nitrogens with zero attached hydrogens (tertiary/aromatic N) is 3. The third-order valence-corrected chi connectivity index (χ3v) is 3.45. The third kappa shape index (κ3) is 3.06. The summed E-state index contributed by atoms with van der Waals surface area (Å²) in [6.45, 7) is 6.20. The highest BCUT2D eigenvalue weighted by molar-refractivity contribution is 6.03. The largest absolute Gasteiger partial charge is 0.305 e. The van der Waals surface area contributed by atoms with Crippen LogP contribution in [0.2, 0.25) is 0 Å². The molecule has 1 N–H and O–H groups in total. The van der Waals surface area contributed by atoms with E-state index < -0.39 is 11.7 Å². The Hall–Kier alpha value is -2.76. The van der Waals surface area contributed by atoms with Crippen LogP contribution in [0.5, 0.6) is 0 Å². The maximum Gasteiger partial charge on any atom is 0.259 e. The lowest BCUT2D eigenvalue weighted by atomic mass is 9.93. The van der Waals surface area contributed by atoms with E-state index in [1.54, 1.807) is 22.7 Å². The first-order chi connectivity index (χ1) is 10.8. The number of benzene rings is 1. The molecule has 3 rings (SSSR count). The molecular formula is C17H17FN4O. The first-order valence-electron chi connectivity index (χ1n) is 7.27. The molecular weight excluding hydrogens is 295 g/mol. The van der Waals surface area contributed by atoms with Crippen LogP contribution in [-0.2, 0) is 5.41 Å². The molecule has 0 spiro atoms. The highest BCUT2D eigenvalue weighted by Gasteiger charge is 2.18. The fourth-order valence-electron chi connectivity index (χ4n) is 2.14. The summed E-state index contributed by atoms with van der Waals surface area (Å²) < 4.78 is 15.2. The molecule has 3 aromatic rings. The van der Waals surface area contributed by atoms with Crippen LogP contribution in [0.1, 0.15) is 36.8 Å². The number of carbonyl (C=O) groups excluding carboxylic acids is 1. The van der Waals surface area contributed by atoms with Gasteiger partial charge in [0.2, 0.25) is 0 Å². The fraction of sp³-hybridized carbons (Fsp3) is 0.235. The summed E-state index contributed by atoms with van der Waals surface area (Å²) in [5, 5.41) is 6.90. The predicted molar refractivity (Wildman–Crippen MR) is 86.0 cm³/mol. The van der Waals surface area contributed by atoms with Gasteiger partial charge in [0.15, 0.2) is 11.5 Å². The van der Waals surface area contributed by atoms with Crippen LogP contribution in [0.25, 0.3) is 5.65 Å². The Balaban J connectivity index is 1.89. The van der Waals surface area contributed by atoms with Gasteiger partial charge in [-0.1, -0.05) is 32.9 Å². The summed E-state index contributed by atoms with van der Waals surface area (Å²) in [6, 6.07) is 9.23. The summed E-state index contributed by atoms with van der Waals surface area (Å²) in [4.78, 5) is 16.6. The molecule has 0 atom stereocenters. The average Bonchev–Trinajstić information content (AvgIpc) is 2.91. The molecule has 0 saturated carbocycles. The molecule has 6 heteroatoms. The zero-order valence-corrected chi connectivity index (χ0v) is 13.2. The third-order valence-electron chi connectivity index (χ3n) is 3.45. The molecule has 5 nitrogen and oxygen atoms in total. The number of halogens is 1. The van der Waals surface area contributed by atoms with Crippen LogP contribution in [0.15, 0.2) is 42.6 Å². The standard InChI is InChI=1S/C17H17FN4O/c1-17(2,3)13-10-22-15(19-13)9-8-14(21-22)20-16(23)11-6-4-5-7-12(11)18/h4-10H,1-3H3,(H,20,21,23). The van der Waals surface area contributed by atoms with Crippen molar-refractivity contribution in [3.8, 4) is 0 Å². The minimum Gasteiger partial charge on any atom is -0.305 e. The number of nitrogens with one attached hydrogen (secondary N) is 1. The van der Waals surface area contributed by atoms with Crippen molar-refractivity contribution in [2.45, 2.75) is 26.2 Å². The van der Waals surface area contributed by atoms with E-state index in [0.29, 0.717) is 11.5 Å². The fourth-order valence-corrected chi connectivity index (χ4v) is 2.14. The van der Waals surface area contributed by atoms with Crippen LogP contribution >= 0.6 is 0 Å². The summed E-state index contributed by atoms with van der Waals surface area (Å²) in [5.74, 6) is -0.765. The molecule has 2 heterocycles. The monoisotopic (exact) mass is 312 g/mol. The normalized spacial score (nSPS) is 11.7. The van der Waals surface area contributed by atoms with E-state index in [1.165, 1.54) is 18.2 Å². The molecule has 2 aromatic heterocycles. The molecule has 0 saturated heterocycles. The summed E-state index contributed by atoms with van der Waals surface area (Å²) in [7, 11) is 0. The number of rotatable bonds is 2. The van der Waals surface area contributed by atoms with Gasteiger partial charge in [-0.15, -0.1) is 5.10 Å².